The van der Waals surface area contributed by atoms with Gasteiger partial charge in [-0.3, -0.25) is 14.9 Å². The number of aliphatic carboxylic acids is 1. The molecule has 0 aromatic carbocycles. The minimum atomic E-state index is -1.45. The predicted molar refractivity (Wildman–Crippen MR) is 56.6 cm³/mol. The summed E-state index contributed by atoms with van der Waals surface area (Å²) in [5.74, 6) is -1.92. The van der Waals surface area contributed by atoms with Crippen molar-refractivity contribution in [3.63, 3.8) is 0 Å². The SMILES string of the molecule is CC(C)(NC(=O)c1cc([N+](=O)[O-])c[nH]1)C(=O)O. The zero-order valence-electron chi connectivity index (χ0n) is 9.18. The Labute approximate surface area is 95.8 Å². The van der Waals surface area contributed by atoms with Gasteiger partial charge >= 0.3 is 5.97 Å². The first-order chi connectivity index (χ1) is 7.74. The van der Waals surface area contributed by atoms with Gasteiger partial charge in [-0.2, -0.15) is 0 Å². The van der Waals surface area contributed by atoms with Crippen LogP contribution in [0, 0.1) is 10.1 Å². The van der Waals surface area contributed by atoms with Crippen molar-refractivity contribution >= 4 is 17.6 Å². The Morgan fingerprint density at radius 2 is 2.12 bits per heavy atom. The molecule has 0 atom stereocenters. The van der Waals surface area contributed by atoms with E-state index in [0.717, 1.165) is 12.3 Å². The molecule has 0 unspecified atom stereocenters. The van der Waals surface area contributed by atoms with Crippen LogP contribution in [0.4, 0.5) is 5.69 Å². The first kappa shape index (κ1) is 12.7. The molecule has 17 heavy (non-hydrogen) atoms. The van der Waals surface area contributed by atoms with E-state index in [4.69, 9.17) is 5.11 Å². The number of aromatic amines is 1. The van der Waals surface area contributed by atoms with E-state index < -0.39 is 22.3 Å². The molecular formula is C9H11N3O5. The Bertz CT molecular complexity index is 477. The molecule has 0 aliphatic carbocycles. The molecule has 0 aliphatic rings. The van der Waals surface area contributed by atoms with Gasteiger partial charge in [0.15, 0.2) is 0 Å². The zero-order chi connectivity index (χ0) is 13.2. The first-order valence-electron chi connectivity index (χ1n) is 4.63. The van der Waals surface area contributed by atoms with Crippen molar-refractivity contribution in [2.75, 3.05) is 0 Å². The highest BCUT2D eigenvalue weighted by molar-refractivity contribution is 5.96. The molecule has 0 saturated heterocycles. The summed E-state index contributed by atoms with van der Waals surface area (Å²) in [6.45, 7) is 2.62. The molecule has 8 heteroatoms. The molecule has 1 aromatic rings. The number of carbonyl (C=O) groups is 2. The lowest BCUT2D eigenvalue weighted by Crippen LogP contribution is -2.49. The van der Waals surface area contributed by atoms with Crippen LogP contribution in [0.3, 0.4) is 0 Å². The number of carboxylic acids is 1. The lowest BCUT2D eigenvalue weighted by molar-refractivity contribution is -0.384. The Morgan fingerprint density at radius 1 is 1.53 bits per heavy atom. The number of nitrogens with one attached hydrogen (secondary N) is 2. The quantitative estimate of drug-likeness (QED) is 0.523. The molecule has 1 heterocycles. The average molecular weight is 241 g/mol. The van der Waals surface area contributed by atoms with Crippen molar-refractivity contribution in [2.45, 2.75) is 19.4 Å². The third-order valence-corrected chi connectivity index (χ3v) is 2.08. The third-order valence-electron chi connectivity index (χ3n) is 2.08. The second kappa shape index (κ2) is 4.24. The largest absolute Gasteiger partial charge is 0.480 e. The Balaban J connectivity index is 2.83. The topological polar surface area (TPSA) is 125 Å². The van der Waals surface area contributed by atoms with Crippen molar-refractivity contribution in [1.29, 1.82) is 0 Å². The summed E-state index contributed by atoms with van der Waals surface area (Å²) in [4.78, 5) is 34.5. The molecule has 1 aromatic heterocycles. The van der Waals surface area contributed by atoms with Gasteiger partial charge in [-0.1, -0.05) is 0 Å². The van der Waals surface area contributed by atoms with Crippen molar-refractivity contribution in [1.82, 2.24) is 10.3 Å². The van der Waals surface area contributed by atoms with Crippen molar-refractivity contribution in [3.8, 4) is 0 Å². The summed E-state index contributed by atoms with van der Waals surface area (Å²) in [5, 5.41) is 21.4. The van der Waals surface area contributed by atoms with Gasteiger partial charge in [0.1, 0.15) is 11.2 Å². The smallest absolute Gasteiger partial charge is 0.328 e. The van der Waals surface area contributed by atoms with Crippen molar-refractivity contribution < 1.29 is 19.6 Å². The van der Waals surface area contributed by atoms with E-state index in [1.54, 1.807) is 0 Å². The number of nitro groups is 1. The standard InChI is InChI=1S/C9H11N3O5/c1-9(2,8(14)15)11-7(13)6-3-5(4-10-6)12(16)17/h3-4,10H,1-2H3,(H,11,13)(H,14,15). The second-order valence-corrected chi connectivity index (χ2v) is 3.91. The third kappa shape index (κ3) is 2.80. The van der Waals surface area contributed by atoms with Crippen LogP contribution in [0.25, 0.3) is 0 Å². The molecule has 1 amide bonds. The minimum absolute atomic E-state index is 0.0639. The van der Waals surface area contributed by atoms with E-state index in [-0.39, 0.29) is 11.4 Å². The van der Waals surface area contributed by atoms with Crippen LogP contribution in [0.15, 0.2) is 12.3 Å². The van der Waals surface area contributed by atoms with E-state index in [1.165, 1.54) is 13.8 Å². The zero-order valence-corrected chi connectivity index (χ0v) is 9.18. The maximum Gasteiger partial charge on any atom is 0.328 e. The molecule has 92 valence electrons. The van der Waals surface area contributed by atoms with Crippen LogP contribution in [-0.2, 0) is 4.79 Å². The fourth-order valence-corrected chi connectivity index (χ4v) is 1.02. The highest BCUT2D eigenvalue weighted by Gasteiger charge is 2.30. The van der Waals surface area contributed by atoms with E-state index in [1.807, 2.05) is 0 Å². The summed E-state index contributed by atoms with van der Waals surface area (Å²) < 4.78 is 0. The molecule has 0 radical (unpaired) electrons. The van der Waals surface area contributed by atoms with Gasteiger partial charge in [0, 0.05) is 6.07 Å². The Morgan fingerprint density at radius 3 is 2.53 bits per heavy atom. The number of aromatic nitrogens is 1. The number of hydrogen-bond donors (Lipinski definition) is 3. The van der Waals surface area contributed by atoms with Crippen molar-refractivity contribution in [2.24, 2.45) is 0 Å². The number of carboxylic acid groups (broad SMARTS) is 1. The number of rotatable bonds is 4. The Hall–Kier alpha value is -2.38. The number of hydrogen-bond acceptors (Lipinski definition) is 4. The van der Waals surface area contributed by atoms with Crippen LogP contribution < -0.4 is 5.32 Å². The van der Waals surface area contributed by atoms with Gasteiger partial charge in [-0.05, 0) is 13.8 Å². The lowest BCUT2D eigenvalue weighted by atomic mass is 10.1. The molecule has 0 saturated carbocycles. The summed E-state index contributed by atoms with van der Waals surface area (Å²) in [5.41, 5.74) is -1.77. The summed E-state index contributed by atoms with van der Waals surface area (Å²) in [6, 6.07) is 1.03. The number of amides is 1. The number of carbonyl (C=O) groups excluding carboxylic acids is 1. The summed E-state index contributed by atoms with van der Waals surface area (Å²) >= 11 is 0. The normalized spacial score (nSPS) is 10.9. The monoisotopic (exact) mass is 241 g/mol. The van der Waals surface area contributed by atoms with E-state index in [9.17, 15) is 19.7 Å². The van der Waals surface area contributed by atoms with Crippen LogP contribution in [0.5, 0.6) is 0 Å². The summed E-state index contributed by atoms with van der Waals surface area (Å²) in [7, 11) is 0. The fourth-order valence-electron chi connectivity index (χ4n) is 1.02. The van der Waals surface area contributed by atoms with Gasteiger partial charge in [-0.15, -0.1) is 0 Å². The fraction of sp³-hybridized carbons (Fsp3) is 0.333. The minimum Gasteiger partial charge on any atom is -0.480 e. The molecule has 8 nitrogen and oxygen atoms in total. The van der Waals surface area contributed by atoms with Crippen LogP contribution in [0.1, 0.15) is 24.3 Å². The lowest BCUT2D eigenvalue weighted by Gasteiger charge is -2.20. The predicted octanol–water partition coefficient (Wildman–Crippen LogP) is 0.516. The van der Waals surface area contributed by atoms with Crippen LogP contribution in [0.2, 0.25) is 0 Å². The van der Waals surface area contributed by atoms with Crippen LogP contribution >= 0.6 is 0 Å². The maximum absolute atomic E-state index is 11.6. The molecule has 0 aliphatic heterocycles. The van der Waals surface area contributed by atoms with Gasteiger partial charge < -0.3 is 15.4 Å². The van der Waals surface area contributed by atoms with E-state index >= 15 is 0 Å². The number of nitrogens with zero attached hydrogens (tertiary/aromatic N) is 1. The van der Waals surface area contributed by atoms with E-state index in [0.29, 0.717) is 0 Å². The molecule has 0 spiro atoms. The highest BCUT2D eigenvalue weighted by atomic mass is 16.6. The maximum atomic E-state index is 11.6. The first-order valence-corrected chi connectivity index (χ1v) is 4.63. The van der Waals surface area contributed by atoms with Gasteiger partial charge in [0.05, 0.1) is 11.1 Å². The number of H-pyrrole nitrogens is 1. The molecular weight excluding hydrogens is 230 g/mol. The van der Waals surface area contributed by atoms with Gasteiger partial charge in [0.2, 0.25) is 0 Å². The van der Waals surface area contributed by atoms with E-state index in [2.05, 4.69) is 10.3 Å². The Kier molecular flexibility index (Phi) is 3.16. The van der Waals surface area contributed by atoms with Gasteiger partial charge in [0.25, 0.3) is 11.6 Å². The highest BCUT2D eigenvalue weighted by Crippen LogP contribution is 2.13. The van der Waals surface area contributed by atoms with Gasteiger partial charge in [-0.25, -0.2) is 4.79 Å². The summed E-state index contributed by atoms with van der Waals surface area (Å²) in [6.07, 6.45) is 1.06. The second-order valence-electron chi connectivity index (χ2n) is 3.91. The molecule has 1 rings (SSSR count). The molecule has 3 N–H and O–H groups in total. The van der Waals surface area contributed by atoms with Crippen molar-refractivity contribution in [3.05, 3.63) is 28.1 Å². The molecule has 0 fully saturated rings. The van der Waals surface area contributed by atoms with Crippen LogP contribution in [-0.4, -0.2) is 32.4 Å². The molecule has 0 bridgehead atoms. The average Bonchev–Trinajstić information content (AvgIpc) is 2.65.